The lowest BCUT2D eigenvalue weighted by Crippen LogP contribution is -2.22. The van der Waals surface area contributed by atoms with Crippen molar-refractivity contribution in [1.82, 2.24) is 5.32 Å². The second kappa shape index (κ2) is 4.82. The number of benzene rings is 1. The van der Waals surface area contributed by atoms with Gasteiger partial charge in [-0.25, -0.2) is 4.79 Å². The van der Waals surface area contributed by atoms with Gasteiger partial charge < -0.3 is 10.1 Å². The van der Waals surface area contributed by atoms with Crippen LogP contribution in [0.1, 0.15) is 30.9 Å². The molecule has 1 aromatic carbocycles. The number of carbonyl (C=O) groups excluding carboxylic acids is 1. The van der Waals surface area contributed by atoms with Gasteiger partial charge in [-0.1, -0.05) is 26.0 Å². The van der Waals surface area contributed by atoms with Crippen molar-refractivity contribution in [2.45, 2.75) is 26.7 Å². The maximum absolute atomic E-state index is 11.1. The molecule has 0 aliphatic carbocycles. The van der Waals surface area contributed by atoms with Crippen LogP contribution in [0.5, 0.6) is 5.75 Å². The molecule has 0 fully saturated rings. The number of hydrogen-bond donors (Lipinski definition) is 1. The maximum Gasteiger partial charge on any atom is 0.412 e. The number of nitrogens with one attached hydrogen (secondary N) is 1. The van der Waals surface area contributed by atoms with Crippen molar-refractivity contribution in [3.8, 4) is 5.75 Å². The topological polar surface area (TPSA) is 38.3 Å². The predicted octanol–water partition coefficient (Wildman–Crippen LogP) is 2.84. The van der Waals surface area contributed by atoms with Gasteiger partial charge in [-0.3, -0.25) is 0 Å². The zero-order chi connectivity index (χ0) is 11.4. The van der Waals surface area contributed by atoms with E-state index in [1.54, 1.807) is 7.05 Å². The Kier molecular flexibility index (Phi) is 3.72. The molecule has 0 aliphatic heterocycles. The normalized spacial score (nSPS) is 10.2. The Morgan fingerprint density at radius 3 is 2.60 bits per heavy atom. The molecule has 82 valence electrons. The standard InChI is InChI=1S/C12H17NO2/c1-8(2)10-6-5-9(3)11(7-10)15-12(14)13-4/h5-8H,1-4H3,(H,13,14). The van der Waals surface area contributed by atoms with Crippen LogP contribution in [0.3, 0.4) is 0 Å². The number of rotatable bonds is 2. The van der Waals surface area contributed by atoms with Crippen LogP contribution in [0.25, 0.3) is 0 Å². The van der Waals surface area contributed by atoms with E-state index in [0.29, 0.717) is 11.7 Å². The highest BCUT2D eigenvalue weighted by Gasteiger charge is 2.07. The molecule has 0 heterocycles. The van der Waals surface area contributed by atoms with Gasteiger partial charge in [0.1, 0.15) is 5.75 Å². The Hall–Kier alpha value is -1.51. The number of hydrogen-bond acceptors (Lipinski definition) is 2. The van der Waals surface area contributed by atoms with E-state index in [4.69, 9.17) is 4.74 Å². The first-order chi connectivity index (χ1) is 7.04. The molecule has 0 atom stereocenters. The zero-order valence-electron chi connectivity index (χ0n) is 9.63. The highest BCUT2D eigenvalue weighted by Crippen LogP contribution is 2.24. The van der Waals surface area contributed by atoms with Crippen LogP contribution in [-0.2, 0) is 0 Å². The molecule has 0 saturated heterocycles. The van der Waals surface area contributed by atoms with Crippen molar-refractivity contribution < 1.29 is 9.53 Å². The molecule has 1 N–H and O–H groups in total. The molecule has 1 aromatic rings. The first-order valence-electron chi connectivity index (χ1n) is 5.04. The summed E-state index contributed by atoms with van der Waals surface area (Å²) in [6.45, 7) is 6.13. The molecule has 3 heteroatoms. The Morgan fingerprint density at radius 1 is 1.40 bits per heavy atom. The molecule has 3 nitrogen and oxygen atoms in total. The monoisotopic (exact) mass is 207 g/mol. The largest absolute Gasteiger partial charge is 0.412 e. The minimum absolute atomic E-state index is 0.428. The van der Waals surface area contributed by atoms with E-state index >= 15 is 0 Å². The Balaban J connectivity index is 2.95. The highest BCUT2D eigenvalue weighted by atomic mass is 16.6. The van der Waals surface area contributed by atoms with Crippen molar-refractivity contribution >= 4 is 6.09 Å². The van der Waals surface area contributed by atoms with E-state index in [1.807, 2.05) is 19.1 Å². The van der Waals surface area contributed by atoms with Gasteiger partial charge in [0, 0.05) is 7.05 Å². The molecule has 0 spiro atoms. The minimum Gasteiger partial charge on any atom is -0.410 e. The van der Waals surface area contributed by atoms with Crippen LogP contribution in [0, 0.1) is 6.92 Å². The van der Waals surface area contributed by atoms with Gasteiger partial charge in [0.2, 0.25) is 0 Å². The van der Waals surface area contributed by atoms with E-state index in [-0.39, 0.29) is 0 Å². The second-order valence-corrected chi connectivity index (χ2v) is 3.82. The van der Waals surface area contributed by atoms with Gasteiger partial charge in [-0.2, -0.15) is 0 Å². The van der Waals surface area contributed by atoms with E-state index in [1.165, 1.54) is 5.56 Å². The maximum atomic E-state index is 11.1. The molecule has 15 heavy (non-hydrogen) atoms. The Labute approximate surface area is 90.4 Å². The molecular formula is C12H17NO2. The number of aryl methyl sites for hydroxylation is 1. The summed E-state index contributed by atoms with van der Waals surface area (Å²) in [5, 5.41) is 2.43. The predicted molar refractivity (Wildman–Crippen MR) is 60.4 cm³/mol. The second-order valence-electron chi connectivity index (χ2n) is 3.82. The quantitative estimate of drug-likeness (QED) is 0.809. The SMILES string of the molecule is CNC(=O)Oc1cc(C(C)C)ccc1C. The van der Waals surface area contributed by atoms with E-state index in [2.05, 4.69) is 25.2 Å². The molecule has 1 amide bonds. The summed E-state index contributed by atoms with van der Waals surface area (Å²) in [6.07, 6.45) is -0.431. The number of carbonyl (C=O) groups is 1. The lowest BCUT2D eigenvalue weighted by Gasteiger charge is -2.11. The van der Waals surface area contributed by atoms with Crippen LogP contribution >= 0.6 is 0 Å². The lowest BCUT2D eigenvalue weighted by molar-refractivity contribution is 0.202. The van der Waals surface area contributed by atoms with E-state index < -0.39 is 6.09 Å². The molecular weight excluding hydrogens is 190 g/mol. The Morgan fingerprint density at radius 2 is 2.07 bits per heavy atom. The van der Waals surface area contributed by atoms with Crippen LogP contribution < -0.4 is 10.1 Å². The van der Waals surface area contributed by atoms with Crippen molar-refractivity contribution in [2.24, 2.45) is 0 Å². The molecule has 0 aliphatic rings. The fourth-order valence-corrected chi connectivity index (χ4v) is 1.24. The molecule has 0 saturated carbocycles. The third kappa shape index (κ3) is 2.98. The van der Waals surface area contributed by atoms with Gasteiger partial charge >= 0.3 is 6.09 Å². The van der Waals surface area contributed by atoms with Crippen LogP contribution in [0.15, 0.2) is 18.2 Å². The van der Waals surface area contributed by atoms with Crippen LogP contribution in [0.4, 0.5) is 4.79 Å². The van der Waals surface area contributed by atoms with E-state index in [9.17, 15) is 4.79 Å². The molecule has 1 rings (SSSR count). The van der Waals surface area contributed by atoms with Gasteiger partial charge in [0.25, 0.3) is 0 Å². The summed E-state index contributed by atoms with van der Waals surface area (Å²) in [5.41, 5.74) is 2.13. The fourth-order valence-electron chi connectivity index (χ4n) is 1.24. The minimum atomic E-state index is -0.431. The summed E-state index contributed by atoms with van der Waals surface area (Å²) in [5.74, 6) is 1.05. The van der Waals surface area contributed by atoms with Crippen molar-refractivity contribution in [3.05, 3.63) is 29.3 Å². The van der Waals surface area contributed by atoms with Gasteiger partial charge in [-0.15, -0.1) is 0 Å². The summed E-state index contributed by atoms with van der Waals surface area (Å²) in [7, 11) is 1.55. The van der Waals surface area contributed by atoms with Gasteiger partial charge in [-0.05, 0) is 30.0 Å². The average molecular weight is 207 g/mol. The third-order valence-corrected chi connectivity index (χ3v) is 2.29. The van der Waals surface area contributed by atoms with Gasteiger partial charge in [0.15, 0.2) is 0 Å². The number of amides is 1. The van der Waals surface area contributed by atoms with E-state index in [0.717, 1.165) is 5.56 Å². The molecule has 0 bridgehead atoms. The summed E-state index contributed by atoms with van der Waals surface area (Å²) in [6, 6.07) is 5.93. The highest BCUT2D eigenvalue weighted by molar-refractivity contribution is 5.70. The molecule has 0 aromatic heterocycles. The van der Waals surface area contributed by atoms with Crippen LogP contribution in [0.2, 0.25) is 0 Å². The zero-order valence-corrected chi connectivity index (χ0v) is 9.63. The van der Waals surface area contributed by atoms with Crippen LogP contribution in [-0.4, -0.2) is 13.1 Å². The van der Waals surface area contributed by atoms with Crippen molar-refractivity contribution in [2.75, 3.05) is 7.05 Å². The third-order valence-electron chi connectivity index (χ3n) is 2.29. The smallest absolute Gasteiger partial charge is 0.410 e. The molecule has 0 radical (unpaired) electrons. The summed E-state index contributed by atoms with van der Waals surface area (Å²) < 4.78 is 5.14. The number of ether oxygens (including phenoxy) is 1. The summed E-state index contributed by atoms with van der Waals surface area (Å²) >= 11 is 0. The lowest BCUT2D eigenvalue weighted by atomic mass is 10.0. The first kappa shape index (κ1) is 11.6. The Bertz CT molecular complexity index is 359. The van der Waals surface area contributed by atoms with Crippen molar-refractivity contribution in [3.63, 3.8) is 0 Å². The fraction of sp³-hybridized carbons (Fsp3) is 0.417. The summed E-state index contributed by atoms with van der Waals surface area (Å²) in [4.78, 5) is 11.1. The van der Waals surface area contributed by atoms with Crippen molar-refractivity contribution in [1.29, 1.82) is 0 Å². The van der Waals surface area contributed by atoms with Gasteiger partial charge in [0.05, 0.1) is 0 Å². The first-order valence-corrected chi connectivity index (χ1v) is 5.04. The molecule has 0 unspecified atom stereocenters. The average Bonchev–Trinajstić information content (AvgIpc) is 2.20.